The number of benzene rings is 1. The third-order valence-corrected chi connectivity index (χ3v) is 3.05. The molecule has 20 heavy (non-hydrogen) atoms. The normalized spacial score (nSPS) is 12.2. The third-order valence-electron chi connectivity index (χ3n) is 3.05. The SMILES string of the molecule is O=Cc1cc(C(F)c2cncnc2)cc2cccnc12. The molecular formula is C15H10FN3O. The zero-order valence-electron chi connectivity index (χ0n) is 10.4. The number of aromatic nitrogens is 3. The highest BCUT2D eigenvalue weighted by Crippen LogP contribution is 2.28. The first-order valence-electron chi connectivity index (χ1n) is 6.02. The minimum Gasteiger partial charge on any atom is -0.298 e. The Morgan fingerprint density at radius 2 is 1.95 bits per heavy atom. The number of nitrogens with zero attached hydrogens (tertiary/aromatic N) is 3. The number of fused-ring (bicyclic) bond motifs is 1. The molecule has 0 aliphatic heterocycles. The molecule has 0 radical (unpaired) electrons. The van der Waals surface area contributed by atoms with Crippen LogP contribution in [0.25, 0.3) is 10.9 Å². The van der Waals surface area contributed by atoms with Gasteiger partial charge in [0.2, 0.25) is 0 Å². The molecule has 3 aromatic rings. The van der Waals surface area contributed by atoms with Crippen LogP contribution >= 0.6 is 0 Å². The zero-order valence-corrected chi connectivity index (χ0v) is 10.4. The Labute approximate surface area is 114 Å². The number of hydrogen-bond donors (Lipinski definition) is 0. The second-order valence-corrected chi connectivity index (χ2v) is 4.34. The molecule has 3 rings (SSSR count). The Balaban J connectivity index is 2.15. The van der Waals surface area contributed by atoms with Gasteiger partial charge in [-0.3, -0.25) is 9.78 Å². The summed E-state index contributed by atoms with van der Waals surface area (Å²) >= 11 is 0. The van der Waals surface area contributed by atoms with Crippen molar-refractivity contribution in [3.8, 4) is 0 Å². The first kappa shape index (κ1) is 12.3. The number of rotatable bonds is 3. The second kappa shape index (κ2) is 5.13. The lowest BCUT2D eigenvalue weighted by atomic mass is 10.00. The van der Waals surface area contributed by atoms with Gasteiger partial charge in [0.1, 0.15) is 6.33 Å². The van der Waals surface area contributed by atoms with E-state index in [-0.39, 0.29) is 0 Å². The van der Waals surface area contributed by atoms with Gasteiger partial charge >= 0.3 is 0 Å². The van der Waals surface area contributed by atoms with Gasteiger partial charge in [-0.05, 0) is 23.8 Å². The molecule has 1 aromatic carbocycles. The van der Waals surface area contributed by atoms with Crippen LogP contribution < -0.4 is 0 Å². The summed E-state index contributed by atoms with van der Waals surface area (Å²) in [5, 5.41) is 0.728. The maximum absolute atomic E-state index is 14.5. The van der Waals surface area contributed by atoms with Crippen LogP contribution in [0.4, 0.5) is 4.39 Å². The predicted molar refractivity (Wildman–Crippen MR) is 72.1 cm³/mol. The molecule has 4 nitrogen and oxygen atoms in total. The summed E-state index contributed by atoms with van der Waals surface area (Å²) in [4.78, 5) is 22.9. The average molecular weight is 267 g/mol. The van der Waals surface area contributed by atoms with E-state index in [1.807, 2.05) is 0 Å². The maximum atomic E-state index is 14.5. The molecule has 0 N–H and O–H groups in total. The van der Waals surface area contributed by atoms with Gasteiger partial charge < -0.3 is 0 Å². The van der Waals surface area contributed by atoms with Crippen LogP contribution in [0.15, 0.2) is 49.2 Å². The molecule has 0 spiro atoms. The number of hydrogen-bond acceptors (Lipinski definition) is 4. The summed E-state index contributed by atoms with van der Waals surface area (Å²) in [5.74, 6) is 0. The van der Waals surface area contributed by atoms with Gasteiger partial charge in [0.15, 0.2) is 12.5 Å². The number of pyridine rings is 1. The van der Waals surface area contributed by atoms with Crippen molar-refractivity contribution in [3.63, 3.8) is 0 Å². The standard InChI is InChI=1S/C15H10FN3O/c16-14(13-6-17-9-18-7-13)11-4-10-2-1-3-19-15(10)12(5-11)8-20/h1-9,14H. The molecule has 0 saturated carbocycles. The third kappa shape index (κ3) is 2.14. The van der Waals surface area contributed by atoms with Crippen LogP contribution in [0.2, 0.25) is 0 Å². The van der Waals surface area contributed by atoms with E-state index in [2.05, 4.69) is 15.0 Å². The van der Waals surface area contributed by atoms with E-state index in [4.69, 9.17) is 0 Å². The lowest BCUT2D eigenvalue weighted by molar-refractivity contribution is 0.112. The highest BCUT2D eigenvalue weighted by Gasteiger charge is 2.16. The Kier molecular flexibility index (Phi) is 3.16. The van der Waals surface area contributed by atoms with Crippen LogP contribution in [-0.2, 0) is 0 Å². The molecule has 0 amide bonds. The van der Waals surface area contributed by atoms with Crippen molar-refractivity contribution in [1.82, 2.24) is 15.0 Å². The van der Waals surface area contributed by atoms with Crippen molar-refractivity contribution < 1.29 is 9.18 Å². The first-order valence-corrected chi connectivity index (χ1v) is 6.02. The lowest BCUT2D eigenvalue weighted by Gasteiger charge is -2.10. The summed E-state index contributed by atoms with van der Waals surface area (Å²) < 4.78 is 14.5. The van der Waals surface area contributed by atoms with Crippen molar-refractivity contribution in [2.45, 2.75) is 6.17 Å². The zero-order chi connectivity index (χ0) is 13.9. The summed E-state index contributed by atoms with van der Waals surface area (Å²) in [6.45, 7) is 0. The van der Waals surface area contributed by atoms with Gasteiger partial charge in [0.25, 0.3) is 0 Å². The van der Waals surface area contributed by atoms with Gasteiger partial charge in [0.05, 0.1) is 5.52 Å². The monoisotopic (exact) mass is 267 g/mol. The molecule has 5 heteroatoms. The van der Waals surface area contributed by atoms with Gasteiger partial charge in [-0.15, -0.1) is 0 Å². The molecule has 0 aliphatic rings. The Bertz CT molecular complexity index is 761. The fourth-order valence-corrected chi connectivity index (χ4v) is 2.11. The van der Waals surface area contributed by atoms with E-state index in [1.165, 1.54) is 24.8 Å². The first-order chi connectivity index (χ1) is 9.79. The second-order valence-electron chi connectivity index (χ2n) is 4.34. The quantitative estimate of drug-likeness (QED) is 0.685. The topological polar surface area (TPSA) is 55.7 Å². The molecule has 2 aromatic heterocycles. The number of carbonyl (C=O) groups excluding carboxylic acids is 1. The van der Waals surface area contributed by atoms with Crippen LogP contribution in [0, 0.1) is 0 Å². The van der Waals surface area contributed by atoms with Crippen molar-refractivity contribution >= 4 is 17.2 Å². The lowest BCUT2D eigenvalue weighted by Crippen LogP contribution is -1.98. The van der Waals surface area contributed by atoms with E-state index in [0.717, 1.165) is 5.39 Å². The van der Waals surface area contributed by atoms with Crippen LogP contribution in [-0.4, -0.2) is 21.2 Å². The van der Waals surface area contributed by atoms with Crippen LogP contribution in [0.1, 0.15) is 27.7 Å². The van der Waals surface area contributed by atoms with E-state index in [1.54, 1.807) is 24.4 Å². The number of aldehydes is 1. The van der Waals surface area contributed by atoms with Crippen molar-refractivity contribution in [2.24, 2.45) is 0 Å². The van der Waals surface area contributed by atoms with Crippen LogP contribution in [0.3, 0.4) is 0 Å². The molecule has 98 valence electrons. The van der Waals surface area contributed by atoms with E-state index < -0.39 is 6.17 Å². The summed E-state index contributed by atoms with van der Waals surface area (Å²) in [6.07, 6.45) is 5.11. The van der Waals surface area contributed by atoms with E-state index in [9.17, 15) is 9.18 Å². The molecule has 1 atom stereocenters. The molecule has 0 aliphatic carbocycles. The fourth-order valence-electron chi connectivity index (χ4n) is 2.11. The van der Waals surface area contributed by atoms with E-state index in [0.29, 0.717) is 28.5 Å². The fraction of sp³-hybridized carbons (Fsp3) is 0.0667. The van der Waals surface area contributed by atoms with Gasteiger partial charge in [-0.25, -0.2) is 14.4 Å². The molecular weight excluding hydrogens is 257 g/mol. The highest BCUT2D eigenvalue weighted by atomic mass is 19.1. The predicted octanol–water partition coefficient (Wildman–Crippen LogP) is 2.90. The highest BCUT2D eigenvalue weighted by molar-refractivity contribution is 5.96. The molecule has 0 bridgehead atoms. The van der Waals surface area contributed by atoms with Crippen molar-refractivity contribution in [1.29, 1.82) is 0 Å². The number of carbonyl (C=O) groups is 1. The average Bonchev–Trinajstić information content (AvgIpc) is 2.54. The smallest absolute Gasteiger partial charge is 0.153 e. The minimum atomic E-state index is -1.38. The molecule has 2 heterocycles. The van der Waals surface area contributed by atoms with Crippen LogP contribution in [0.5, 0.6) is 0 Å². The summed E-state index contributed by atoms with van der Waals surface area (Å²) in [5.41, 5.74) is 1.69. The van der Waals surface area contributed by atoms with Gasteiger partial charge in [-0.2, -0.15) is 0 Å². The number of alkyl halides is 1. The number of halogens is 1. The molecule has 0 saturated heterocycles. The molecule has 0 fully saturated rings. The van der Waals surface area contributed by atoms with Crippen molar-refractivity contribution in [2.75, 3.05) is 0 Å². The summed E-state index contributed by atoms with van der Waals surface area (Å²) in [7, 11) is 0. The van der Waals surface area contributed by atoms with Gasteiger partial charge in [0, 0.05) is 35.1 Å². The summed E-state index contributed by atoms with van der Waals surface area (Å²) in [6, 6.07) is 6.75. The van der Waals surface area contributed by atoms with Gasteiger partial charge in [-0.1, -0.05) is 6.07 Å². The largest absolute Gasteiger partial charge is 0.298 e. The maximum Gasteiger partial charge on any atom is 0.153 e. The van der Waals surface area contributed by atoms with E-state index >= 15 is 0 Å². The van der Waals surface area contributed by atoms with Crippen molar-refractivity contribution in [3.05, 3.63) is 65.9 Å². The minimum absolute atomic E-state index is 0.354. The Morgan fingerprint density at radius 3 is 2.70 bits per heavy atom. The Morgan fingerprint density at radius 1 is 1.15 bits per heavy atom. The molecule has 1 unspecified atom stereocenters. The Hall–Kier alpha value is -2.69.